The van der Waals surface area contributed by atoms with E-state index in [1.54, 1.807) is 7.11 Å². The summed E-state index contributed by atoms with van der Waals surface area (Å²) in [6.07, 6.45) is 1.83. The molecular weight excluding hydrogens is 388 g/mol. The summed E-state index contributed by atoms with van der Waals surface area (Å²) < 4.78 is 7.18. The van der Waals surface area contributed by atoms with E-state index in [0.29, 0.717) is 5.95 Å². The van der Waals surface area contributed by atoms with Crippen LogP contribution in [0, 0.1) is 0 Å². The largest absolute Gasteiger partial charge is 0.497 e. The first-order valence-corrected chi connectivity index (χ1v) is 10.5. The van der Waals surface area contributed by atoms with Crippen LogP contribution in [0.25, 0.3) is 16.8 Å². The quantitative estimate of drug-likeness (QED) is 0.535. The van der Waals surface area contributed by atoms with E-state index < -0.39 is 0 Å². The van der Waals surface area contributed by atoms with E-state index >= 15 is 0 Å². The van der Waals surface area contributed by atoms with E-state index in [2.05, 4.69) is 57.5 Å². The van der Waals surface area contributed by atoms with E-state index in [9.17, 15) is 0 Å². The van der Waals surface area contributed by atoms with Crippen molar-refractivity contribution < 1.29 is 4.74 Å². The van der Waals surface area contributed by atoms with Crippen LogP contribution in [-0.4, -0.2) is 59.8 Å². The second-order valence-corrected chi connectivity index (χ2v) is 7.83. The van der Waals surface area contributed by atoms with Gasteiger partial charge in [0.05, 0.1) is 24.5 Å². The predicted molar refractivity (Wildman–Crippen MR) is 124 cm³/mol. The molecule has 4 aromatic rings. The molecule has 0 amide bonds. The smallest absolute Gasteiger partial charge is 0.245 e. The normalized spacial score (nSPS) is 14.7. The molecule has 2 aromatic heterocycles. The zero-order chi connectivity index (χ0) is 21.2. The van der Waals surface area contributed by atoms with Crippen LogP contribution >= 0.6 is 0 Å². The number of ether oxygens (including phenoxy) is 1. The number of anilines is 3. The standard InChI is InChI=1S/C24H26N6O/c1-28-13-15-29(16-14-28)20-7-5-19(6-8-20)26-24-25-17-21-9-12-23(30(21)27-24)18-3-10-22(31-2)11-4-18/h3-12,17H,13-16H2,1-2H3,(H,26,27). The summed E-state index contributed by atoms with van der Waals surface area (Å²) in [7, 11) is 3.84. The van der Waals surface area contributed by atoms with Gasteiger partial charge in [0, 0.05) is 43.1 Å². The van der Waals surface area contributed by atoms with Crippen molar-refractivity contribution in [2.24, 2.45) is 0 Å². The highest BCUT2D eigenvalue weighted by Gasteiger charge is 2.14. The van der Waals surface area contributed by atoms with Gasteiger partial charge in [0.25, 0.3) is 0 Å². The summed E-state index contributed by atoms with van der Waals surface area (Å²) in [6, 6.07) is 20.5. The number of hydrogen-bond acceptors (Lipinski definition) is 6. The molecule has 2 aromatic carbocycles. The van der Waals surface area contributed by atoms with Crippen LogP contribution in [0.4, 0.5) is 17.3 Å². The van der Waals surface area contributed by atoms with Gasteiger partial charge in [-0.15, -0.1) is 5.10 Å². The maximum Gasteiger partial charge on any atom is 0.245 e. The Morgan fingerprint density at radius 2 is 1.61 bits per heavy atom. The number of nitrogens with one attached hydrogen (secondary N) is 1. The van der Waals surface area contributed by atoms with Crippen molar-refractivity contribution in [1.29, 1.82) is 0 Å². The fraction of sp³-hybridized carbons (Fsp3) is 0.250. The van der Waals surface area contributed by atoms with Crippen LogP contribution in [0.1, 0.15) is 0 Å². The monoisotopic (exact) mass is 414 g/mol. The lowest BCUT2D eigenvalue weighted by Crippen LogP contribution is -2.44. The molecule has 1 saturated heterocycles. The van der Waals surface area contributed by atoms with E-state index in [-0.39, 0.29) is 0 Å². The van der Waals surface area contributed by atoms with Crippen molar-refractivity contribution in [2.75, 3.05) is 50.6 Å². The van der Waals surface area contributed by atoms with Gasteiger partial charge in [0.1, 0.15) is 5.75 Å². The summed E-state index contributed by atoms with van der Waals surface area (Å²) in [5.74, 6) is 1.40. The minimum Gasteiger partial charge on any atom is -0.497 e. The van der Waals surface area contributed by atoms with Crippen LogP contribution in [0.15, 0.2) is 66.9 Å². The molecular formula is C24H26N6O. The Hall–Kier alpha value is -3.58. The molecule has 0 atom stereocenters. The second-order valence-electron chi connectivity index (χ2n) is 7.83. The molecule has 1 aliphatic rings. The summed E-state index contributed by atoms with van der Waals surface area (Å²) in [5.41, 5.74) is 5.25. The fourth-order valence-electron chi connectivity index (χ4n) is 3.89. The molecule has 0 spiro atoms. The minimum atomic E-state index is 0.561. The second kappa shape index (κ2) is 8.28. The molecule has 158 valence electrons. The molecule has 0 aliphatic carbocycles. The molecule has 7 heteroatoms. The summed E-state index contributed by atoms with van der Waals surface area (Å²) in [6.45, 7) is 4.32. The number of piperazine rings is 1. The Balaban J connectivity index is 1.35. The lowest BCUT2D eigenvalue weighted by Gasteiger charge is -2.34. The molecule has 3 heterocycles. The van der Waals surface area contributed by atoms with E-state index in [1.807, 2.05) is 41.0 Å². The van der Waals surface area contributed by atoms with Crippen LogP contribution < -0.4 is 15.0 Å². The van der Waals surface area contributed by atoms with Crippen molar-refractivity contribution >= 4 is 22.8 Å². The molecule has 31 heavy (non-hydrogen) atoms. The molecule has 0 saturated carbocycles. The zero-order valence-electron chi connectivity index (χ0n) is 17.8. The van der Waals surface area contributed by atoms with Crippen LogP contribution in [0.2, 0.25) is 0 Å². The van der Waals surface area contributed by atoms with Crippen molar-refractivity contribution in [3.05, 3.63) is 66.9 Å². The Bertz CT molecular complexity index is 1160. The molecule has 1 fully saturated rings. The van der Waals surface area contributed by atoms with Gasteiger partial charge in [-0.1, -0.05) is 0 Å². The predicted octanol–water partition coefficient (Wildman–Crippen LogP) is 3.90. The Labute approximate surface area is 181 Å². The maximum absolute atomic E-state index is 5.26. The highest BCUT2D eigenvalue weighted by molar-refractivity contribution is 5.67. The summed E-state index contributed by atoms with van der Waals surface area (Å²) in [4.78, 5) is 9.26. The molecule has 1 N–H and O–H groups in total. The summed E-state index contributed by atoms with van der Waals surface area (Å²) in [5, 5.41) is 8.05. The Morgan fingerprint density at radius 3 is 2.32 bits per heavy atom. The molecule has 0 radical (unpaired) electrons. The number of methoxy groups -OCH3 is 1. The first kappa shape index (κ1) is 19.4. The van der Waals surface area contributed by atoms with Gasteiger partial charge in [-0.05, 0) is 67.7 Å². The first-order chi connectivity index (χ1) is 15.2. The van der Waals surface area contributed by atoms with Crippen molar-refractivity contribution in [3.63, 3.8) is 0 Å². The lowest BCUT2D eigenvalue weighted by molar-refractivity contribution is 0.313. The minimum absolute atomic E-state index is 0.561. The van der Waals surface area contributed by atoms with Crippen LogP contribution in [0.5, 0.6) is 5.75 Å². The van der Waals surface area contributed by atoms with Gasteiger partial charge in [-0.25, -0.2) is 9.50 Å². The summed E-state index contributed by atoms with van der Waals surface area (Å²) >= 11 is 0. The van der Waals surface area contributed by atoms with Crippen LogP contribution in [-0.2, 0) is 0 Å². The van der Waals surface area contributed by atoms with Gasteiger partial charge in [-0.3, -0.25) is 0 Å². The maximum atomic E-state index is 5.26. The third kappa shape index (κ3) is 4.04. The number of aromatic nitrogens is 3. The third-order valence-electron chi connectivity index (χ3n) is 5.78. The van der Waals surface area contributed by atoms with Crippen LogP contribution in [0.3, 0.4) is 0 Å². The van der Waals surface area contributed by atoms with Gasteiger partial charge in [-0.2, -0.15) is 0 Å². The fourth-order valence-corrected chi connectivity index (χ4v) is 3.89. The third-order valence-corrected chi connectivity index (χ3v) is 5.78. The van der Waals surface area contributed by atoms with E-state index in [4.69, 9.17) is 9.84 Å². The molecule has 1 aliphatic heterocycles. The topological polar surface area (TPSA) is 57.9 Å². The van der Waals surface area contributed by atoms with Crippen molar-refractivity contribution in [2.45, 2.75) is 0 Å². The van der Waals surface area contributed by atoms with Gasteiger partial charge < -0.3 is 19.9 Å². The van der Waals surface area contributed by atoms with E-state index in [0.717, 1.165) is 54.4 Å². The Kier molecular flexibility index (Phi) is 5.18. The average molecular weight is 415 g/mol. The van der Waals surface area contributed by atoms with Gasteiger partial charge in [0.2, 0.25) is 5.95 Å². The SMILES string of the molecule is COc1ccc(-c2ccc3cnc(Nc4ccc(N5CCN(C)CC5)cc4)nn23)cc1. The molecule has 7 nitrogen and oxygen atoms in total. The number of benzene rings is 2. The number of rotatable bonds is 5. The van der Waals surface area contributed by atoms with Gasteiger partial charge in [0.15, 0.2) is 0 Å². The Morgan fingerprint density at radius 1 is 0.871 bits per heavy atom. The first-order valence-electron chi connectivity index (χ1n) is 10.5. The lowest BCUT2D eigenvalue weighted by atomic mass is 10.1. The molecule has 0 unspecified atom stereocenters. The van der Waals surface area contributed by atoms with E-state index in [1.165, 1.54) is 5.69 Å². The number of likely N-dealkylation sites (N-methyl/N-ethyl adjacent to an activating group) is 1. The van der Waals surface area contributed by atoms with Crippen molar-refractivity contribution in [3.8, 4) is 17.0 Å². The number of nitrogens with zero attached hydrogens (tertiary/aromatic N) is 5. The highest BCUT2D eigenvalue weighted by Crippen LogP contribution is 2.25. The van der Waals surface area contributed by atoms with Crippen molar-refractivity contribution in [1.82, 2.24) is 19.5 Å². The molecule has 5 rings (SSSR count). The average Bonchev–Trinajstić information content (AvgIpc) is 3.23. The number of hydrogen-bond donors (Lipinski definition) is 1. The molecule has 0 bridgehead atoms. The zero-order valence-corrected chi connectivity index (χ0v) is 17.8. The highest BCUT2D eigenvalue weighted by atomic mass is 16.5. The number of fused-ring (bicyclic) bond motifs is 1. The van der Waals surface area contributed by atoms with Gasteiger partial charge >= 0.3 is 0 Å².